The first-order chi connectivity index (χ1) is 17.1. The maximum atomic E-state index is 15.3. The van der Waals surface area contributed by atoms with E-state index in [1.54, 1.807) is 24.8 Å². The van der Waals surface area contributed by atoms with E-state index in [2.05, 4.69) is 30.0 Å². The monoisotopic (exact) mass is 529 g/mol. The molecular weight excluding hydrogens is 497 g/mol. The van der Waals surface area contributed by atoms with Crippen LogP contribution in [0, 0.1) is 23.6 Å². The quantitative estimate of drug-likeness (QED) is 0.274. The number of hydrogen-bond acceptors (Lipinski definition) is 4. The van der Waals surface area contributed by atoms with E-state index in [4.69, 9.17) is 21.1 Å². The van der Waals surface area contributed by atoms with Crippen molar-refractivity contribution in [2.75, 3.05) is 20.3 Å². The van der Waals surface area contributed by atoms with E-state index in [-0.39, 0.29) is 11.5 Å². The molecule has 1 fully saturated rings. The third-order valence-corrected chi connectivity index (χ3v) is 12.2. The standard InChI is InChI=1S/C27H33ClFN3O3Si/c1-27(33)7-6-18-12-19-20(15-31(8-5-9-34-2)24(19)14-23(18)29)21-16-32(30-26(21)28)17-35-10-11-36(3,4)25-13-22(25)27/h12,14-16,22,25,33H,5,8-11,13,17H2,1-4H3. The third-order valence-electron chi connectivity index (χ3n) is 7.80. The summed E-state index contributed by atoms with van der Waals surface area (Å²) in [5.41, 5.74) is 1.94. The molecule has 36 heavy (non-hydrogen) atoms. The van der Waals surface area contributed by atoms with Gasteiger partial charge in [-0.2, -0.15) is 5.10 Å². The van der Waals surface area contributed by atoms with Crippen LogP contribution < -0.4 is 0 Å². The molecule has 2 aromatic heterocycles. The number of aliphatic hydroxyl groups is 1. The van der Waals surface area contributed by atoms with Gasteiger partial charge >= 0.3 is 0 Å². The molecule has 3 heterocycles. The highest BCUT2D eigenvalue weighted by atomic mass is 35.5. The Morgan fingerprint density at radius 1 is 1.33 bits per heavy atom. The molecule has 0 amide bonds. The summed E-state index contributed by atoms with van der Waals surface area (Å²) < 4.78 is 30.2. The lowest BCUT2D eigenvalue weighted by atomic mass is 10.00. The summed E-state index contributed by atoms with van der Waals surface area (Å²) >= 11 is 6.58. The molecule has 3 aromatic rings. The number of rotatable bonds is 4. The van der Waals surface area contributed by atoms with Gasteiger partial charge in [0.25, 0.3) is 0 Å². The number of benzene rings is 1. The van der Waals surface area contributed by atoms with Crippen molar-refractivity contribution < 1.29 is 19.0 Å². The maximum Gasteiger partial charge on any atom is 0.159 e. The van der Waals surface area contributed by atoms with Crippen molar-refractivity contribution >= 4 is 30.6 Å². The molecule has 1 saturated carbocycles. The Morgan fingerprint density at radius 2 is 2.14 bits per heavy atom. The summed E-state index contributed by atoms with van der Waals surface area (Å²) in [5, 5.41) is 16.9. The lowest BCUT2D eigenvalue weighted by molar-refractivity contribution is 0.0781. The van der Waals surface area contributed by atoms with Gasteiger partial charge in [-0.25, -0.2) is 9.07 Å². The number of methoxy groups -OCH3 is 1. The van der Waals surface area contributed by atoms with E-state index < -0.39 is 19.5 Å². The van der Waals surface area contributed by atoms with Gasteiger partial charge in [-0.3, -0.25) is 0 Å². The lowest BCUT2D eigenvalue weighted by Gasteiger charge is -2.25. The fourth-order valence-electron chi connectivity index (χ4n) is 5.48. The maximum absolute atomic E-state index is 15.3. The van der Waals surface area contributed by atoms with Crippen LogP contribution in [0.3, 0.4) is 0 Å². The van der Waals surface area contributed by atoms with Gasteiger partial charge in [-0.1, -0.05) is 36.5 Å². The summed E-state index contributed by atoms with van der Waals surface area (Å²) in [5.74, 6) is 5.70. The molecule has 192 valence electrons. The minimum Gasteiger partial charge on any atom is -0.385 e. The number of hydrogen-bond donors (Lipinski definition) is 1. The van der Waals surface area contributed by atoms with Gasteiger partial charge in [0.05, 0.1) is 19.2 Å². The number of fused-ring (bicyclic) bond motifs is 5. The fraction of sp³-hybridized carbons (Fsp3) is 0.519. The van der Waals surface area contributed by atoms with Crippen LogP contribution in [0.2, 0.25) is 29.8 Å². The largest absolute Gasteiger partial charge is 0.385 e. The molecule has 0 saturated heterocycles. The Labute approximate surface area is 217 Å². The van der Waals surface area contributed by atoms with Crippen LogP contribution in [-0.4, -0.2) is 53.5 Å². The zero-order chi connectivity index (χ0) is 25.7. The van der Waals surface area contributed by atoms with Crippen LogP contribution in [0.5, 0.6) is 0 Å². The normalized spacial score (nSPS) is 25.3. The van der Waals surface area contributed by atoms with Crippen LogP contribution >= 0.6 is 11.6 Å². The average molecular weight is 530 g/mol. The van der Waals surface area contributed by atoms with Crippen molar-refractivity contribution in [2.45, 2.75) is 63.3 Å². The Balaban J connectivity index is 1.64. The highest BCUT2D eigenvalue weighted by molar-refractivity contribution is 6.79. The predicted octanol–water partition coefficient (Wildman–Crippen LogP) is 5.52. The lowest BCUT2D eigenvalue weighted by Crippen LogP contribution is -2.33. The van der Waals surface area contributed by atoms with E-state index in [0.29, 0.717) is 37.2 Å². The summed E-state index contributed by atoms with van der Waals surface area (Å²) in [6.07, 6.45) is 5.61. The van der Waals surface area contributed by atoms with E-state index in [0.717, 1.165) is 40.9 Å². The molecule has 1 N–H and O–H groups in total. The number of aromatic nitrogens is 3. The van der Waals surface area contributed by atoms with Crippen molar-refractivity contribution in [1.29, 1.82) is 0 Å². The van der Waals surface area contributed by atoms with Crippen LogP contribution in [0.4, 0.5) is 4.39 Å². The highest BCUT2D eigenvalue weighted by Crippen LogP contribution is 2.57. The number of aryl methyl sites for hydroxylation is 1. The fourth-order valence-corrected chi connectivity index (χ4v) is 9.07. The van der Waals surface area contributed by atoms with Crippen molar-refractivity contribution in [2.24, 2.45) is 5.92 Å². The predicted molar refractivity (Wildman–Crippen MR) is 142 cm³/mol. The van der Waals surface area contributed by atoms with Gasteiger partial charge in [-0.05, 0) is 49.4 Å². The topological polar surface area (TPSA) is 61.4 Å². The first-order valence-electron chi connectivity index (χ1n) is 12.5. The van der Waals surface area contributed by atoms with E-state index >= 15 is 4.39 Å². The molecule has 4 bridgehead atoms. The van der Waals surface area contributed by atoms with Crippen molar-refractivity contribution in [3.8, 4) is 23.0 Å². The van der Waals surface area contributed by atoms with Crippen LogP contribution in [-0.2, 0) is 22.7 Å². The van der Waals surface area contributed by atoms with Gasteiger partial charge in [-0.15, -0.1) is 0 Å². The molecule has 1 aliphatic heterocycles. The van der Waals surface area contributed by atoms with Gasteiger partial charge in [0.15, 0.2) is 5.15 Å². The minimum absolute atomic E-state index is 0.110. The molecule has 3 atom stereocenters. The SMILES string of the molecule is COCCCn1cc2c3cc(c(F)cc31)C#CC(C)(O)C1CC1[Si](C)(C)CCOCn1cc-2c(Cl)n1. The second kappa shape index (κ2) is 9.62. The summed E-state index contributed by atoms with van der Waals surface area (Å²) in [6, 6.07) is 4.27. The van der Waals surface area contributed by atoms with Gasteiger partial charge in [0.2, 0.25) is 0 Å². The Hall–Kier alpha value is -2.15. The van der Waals surface area contributed by atoms with Crippen molar-refractivity contribution in [3.63, 3.8) is 0 Å². The molecule has 1 aliphatic carbocycles. The average Bonchev–Trinajstić information content (AvgIpc) is 3.49. The molecule has 0 spiro atoms. The van der Waals surface area contributed by atoms with Crippen LogP contribution in [0.1, 0.15) is 25.3 Å². The van der Waals surface area contributed by atoms with Crippen LogP contribution in [0.25, 0.3) is 22.0 Å². The molecule has 0 radical (unpaired) electrons. The zero-order valence-electron chi connectivity index (χ0n) is 21.3. The highest BCUT2D eigenvalue weighted by Gasteiger charge is 2.55. The Morgan fingerprint density at radius 3 is 2.92 bits per heavy atom. The van der Waals surface area contributed by atoms with E-state index in [1.165, 1.54) is 6.07 Å². The minimum atomic E-state index is -1.63. The van der Waals surface area contributed by atoms with E-state index in [9.17, 15) is 5.11 Å². The second-order valence-electron chi connectivity index (χ2n) is 10.9. The molecule has 6 nitrogen and oxygen atoms in total. The molecule has 9 heteroatoms. The van der Waals surface area contributed by atoms with Gasteiger partial charge < -0.3 is 19.1 Å². The second-order valence-corrected chi connectivity index (χ2v) is 16.5. The molecule has 5 rings (SSSR count). The number of nitrogens with zero attached hydrogens (tertiary/aromatic N) is 3. The van der Waals surface area contributed by atoms with Crippen molar-refractivity contribution in [1.82, 2.24) is 14.3 Å². The zero-order valence-corrected chi connectivity index (χ0v) is 23.0. The first-order valence-corrected chi connectivity index (χ1v) is 16.1. The number of ether oxygens (including phenoxy) is 2. The molecular formula is C27H33ClFN3O3Si. The van der Waals surface area contributed by atoms with Crippen molar-refractivity contribution in [3.05, 3.63) is 41.1 Å². The Kier molecular flexibility index (Phi) is 6.81. The summed E-state index contributed by atoms with van der Waals surface area (Å²) in [7, 11) is 0.0353. The third kappa shape index (κ3) is 4.87. The first kappa shape index (κ1) is 25.5. The summed E-state index contributed by atoms with van der Waals surface area (Å²) in [4.78, 5) is 0. The van der Waals surface area contributed by atoms with Gasteiger partial charge in [0.1, 0.15) is 18.1 Å². The molecule has 2 aliphatic rings. The summed E-state index contributed by atoms with van der Waals surface area (Å²) in [6.45, 7) is 8.67. The molecule has 3 unspecified atom stereocenters. The molecule has 1 aromatic carbocycles. The van der Waals surface area contributed by atoms with Gasteiger partial charge in [0, 0.05) is 55.8 Å². The Bertz CT molecular complexity index is 1350. The number of halogens is 2. The smallest absolute Gasteiger partial charge is 0.159 e. The van der Waals surface area contributed by atoms with E-state index in [1.807, 2.05) is 17.0 Å². The van der Waals surface area contributed by atoms with Crippen LogP contribution in [0.15, 0.2) is 24.5 Å².